The fourth-order valence-electron chi connectivity index (χ4n) is 4.24. The molecule has 188 valence electrons. The van der Waals surface area contributed by atoms with E-state index >= 15 is 0 Å². The lowest BCUT2D eigenvalue weighted by molar-refractivity contribution is -0.705. The van der Waals surface area contributed by atoms with Crippen LogP contribution in [0.4, 0.5) is 0 Å². The molecule has 34 heavy (non-hydrogen) atoms. The van der Waals surface area contributed by atoms with Gasteiger partial charge in [-0.05, 0) is 19.3 Å². The molecular formula is C27H48N7+3. The molecule has 0 N–H and O–H groups in total. The number of rotatable bonds is 18. The lowest BCUT2D eigenvalue weighted by Gasteiger charge is -2.19. The summed E-state index contributed by atoms with van der Waals surface area (Å²) in [6, 6.07) is 0. The summed E-state index contributed by atoms with van der Waals surface area (Å²) in [5, 5.41) is 0. The lowest BCUT2D eigenvalue weighted by Crippen LogP contribution is -2.47. The van der Waals surface area contributed by atoms with E-state index in [9.17, 15) is 0 Å². The van der Waals surface area contributed by atoms with Gasteiger partial charge in [-0.3, -0.25) is 4.90 Å². The standard InChI is InChI=1S/C27H48N7/c1-4-7-10-29-19-22-32(25-29)16-13-28(14-17-33-23-20-30(26-33)11-8-5-2)15-18-34-24-21-31(27-34)12-9-6-3/h19-27H,4-18H2,1-3H3/q+3. The zero-order valence-corrected chi connectivity index (χ0v) is 21.9. The van der Waals surface area contributed by atoms with E-state index in [-0.39, 0.29) is 0 Å². The van der Waals surface area contributed by atoms with Crippen LogP contribution in [0.2, 0.25) is 0 Å². The maximum absolute atomic E-state index is 2.61. The van der Waals surface area contributed by atoms with Crippen molar-refractivity contribution in [3.63, 3.8) is 0 Å². The lowest BCUT2D eigenvalue weighted by atomic mass is 10.3. The zero-order chi connectivity index (χ0) is 24.0. The van der Waals surface area contributed by atoms with Crippen LogP contribution in [0.3, 0.4) is 0 Å². The van der Waals surface area contributed by atoms with Crippen molar-refractivity contribution in [3.05, 3.63) is 56.2 Å². The number of hydrogen-bond acceptors (Lipinski definition) is 1. The number of unbranched alkanes of at least 4 members (excludes halogenated alkanes) is 3. The van der Waals surface area contributed by atoms with Crippen LogP contribution < -0.4 is 13.7 Å². The van der Waals surface area contributed by atoms with E-state index in [1.807, 2.05) is 0 Å². The molecule has 0 aliphatic heterocycles. The molecule has 0 atom stereocenters. The SMILES string of the molecule is CCCCn1cc[n+](CCN(CC[n+]2ccn(CCCC)c2)CC[n+]2ccn(CCCC)c2)c1. The van der Waals surface area contributed by atoms with Crippen molar-refractivity contribution in [2.75, 3.05) is 19.6 Å². The predicted octanol–water partition coefficient (Wildman–Crippen LogP) is 3.06. The Morgan fingerprint density at radius 2 is 0.853 bits per heavy atom. The van der Waals surface area contributed by atoms with Crippen LogP contribution in [0.15, 0.2) is 56.2 Å². The molecule has 3 rings (SSSR count). The van der Waals surface area contributed by atoms with Gasteiger partial charge in [-0.25, -0.2) is 27.4 Å². The average Bonchev–Trinajstić information content (AvgIpc) is 3.61. The maximum Gasteiger partial charge on any atom is 0.243 e. The average molecular weight is 471 g/mol. The Morgan fingerprint density at radius 3 is 1.15 bits per heavy atom. The van der Waals surface area contributed by atoms with Crippen molar-refractivity contribution in [1.29, 1.82) is 0 Å². The predicted molar refractivity (Wildman–Crippen MR) is 135 cm³/mol. The smallest absolute Gasteiger partial charge is 0.243 e. The highest BCUT2D eigenvalue weighted by molar-refractivity contribution is 4.68. The van der Waals surface area contributed by atoms with Crippen LogP contribution in [0.1, 0.15) is 59.3 Å². The van der Waals surface area contributed by atoms with E-state index in [2.05, 4.69) is 109 Å². The Kier molecular flexibility index (Phi) is 11.4. The van der Waals surface area contributed by atoms with Crippen molar-refractivity contribution in [2.24, 2.45) is 0 Å². The van der Waals surface area contributed by atoms with Gasteiger partial charge in [-0.2, -0.15) is 0 Å². The molecule has 0 fully saturated rings. The molecule has 3 aromatic rings. The Bertz CT molecular complexity index is 803. The molecule has 0 saturated heterocycles. The molecule has 0 saturated carbocycles. The highest BCUT2D eigenvalue weighted by Crippen LogP contribution is 1.97. The minimum Gasteiger partial charge on any atom is -0.292 e. The molecule has 0 amide bonds. The van der Waals surface area contributed by atoms with Crippen molar-refractivity contribution in [1.82, 2.24) is 18.6 Å². The minimum atomic E-state index is 1.03. The molecule has 7 heteroatoms. The van der Waals surface area contributed by atoms with Crippen LogP contribution >= 0.6 is 0 Å². The summed E-state index contributed by atoms with van der Waals surface area (Å²) in [5.41, 5.74) is 0. The molecule has 7 nitrogen and oxygen atoms in total. The Labute approximate surface area is 206 Å². The van der Waals surface area contributed by atoms with Crippen molar-refractivity contribution >= 4 is 0 Å². The van der Waals surface area contributed by atoms with Crippen LogP contribution in [0.25, 0.3) is 0 Å². The summed E-state index contributed by atoms with van der Waals surface area (Å²) in [4.78, 5) is 2.61. The first-order chi connectivity index (χ1) is 16.7. The van der Waals surface area contributed by atoms with E-state index in [1.54, 1.807) is 0 Å². The maximum atomic E-state index is 2.61. The second kappa shape index (κ2) is 14.8. The molecule has 0 bridgehead atoms. The van der Waals surface area contributed by atoms with Crippen LogP contribution in [-0.4, -0.2) is 38.2 Å². The van der Waals surface area contributed by atoms with Gasteiger partial charge in [0, 0.05) is 19.6 Å². The molecule has 0 aliphatic rings. The molecule has 0 aliphatic carbocycles. The highest BCUT2D eigenvalue weighted by Gasteiger charge is 2.13. The number of nitrogens with zero attached hydrogens (tertiary/aromatic N) is 7. The van der Waals surface area contributed by atoms with Crippen molar-refractivity contribution in [2.45, 2.75) is 98.6 Å². The number of imidazole rings is 3. The van der Waals surface area contributed by atoms with Gasteiger partial charge in [0.2, 0.25) is 19.0 Å². The Balaban J connectivity index is 1.54. The van der Waals surface area contributed by atoms with E-state index in [1.165, 1.54) is 38.5 Å². The Morgan fingerprint density at radius 1 is 0.529 bits per heavy atom. The molecular weight excluding hydrogens is 422 g/mol. The molecule has 3 heterocycles. The van der Waals surface area contributed by atoms with Gasteiger partial charge in [-0.1, -0.05) is 40.0 Å². The van der Waals surface area contributed by atoms with Gasteiger partial charge >= 0.3 is 0 Å². The number of aromatic nitrogens is 6. The van der Waals surface area contributed by atoms with E-state index in [0.717, 1.165) is 58.9 Å². The van der Waals surface area contributed by atoms with Gasteiger partial charge < -0.3 is 0 Å². The second-order valence-electron chi connectivity index (χ2n) is 9.57. The van der Waals surface area contributed by atoms with Gasteiger partial charge in [-0.15, -0.1) is 0 Å². The summed E-state index contributed by atoms with van der Waals surface area (Å²) in [5.74, 6) is 0. The molecule has 0 spiro atoms. The third kappa shape index (κ3) is 9.09. The van der Waals surface area contributed by atoms with Gasteiger partial charge in [0.1, 0.15) is 56.8 Å². The van der Waals surface area contributed by atoms with Crippen LogP contribution in [-0.2, 0) is 39.3 Å². The largest absolute Gasteiger partial charge is 0.292 e. The second-order valence-corrected chi connectivity index (χ2v) is 9.57. The molecule has 0 aromatic carbocycles. The van der Waals surface area contributed by atoms with E-state index < -0.39 is 0 Å². The summed E-state index contributed by atoms with van der Waals surface area (Å²) in [7, 11) is 0. The van der Waals surface area contributed by atoms with E-state index in [0.29, 0.717) is 0 Å². The molecule has 0 radical (unpaired) electrons. The van der Waals surface area contributed by atoms with Crippen LogP contribution in [0, 0.1) is 0 Å². The van der Waals surface area contributed by atoms with Crippen molar-refractivity contribution < 1.29 is 13.7 Å². The first-order valence-corrected chi connectivity index (χ1v) is 13.6. The third-order valence-electron chi connectivity index (χ3n) is 6.57. The monoisotopic (exact) mass is 470 g/mol. The highest BCUT2D eigenvalue weighted by atomic mass is 15.2. The first kappa shape index (κ1) is 26.2. The summed E-state index contributed by atoms with van der Waals surface area (Å²) >= 11 is 0. The van der Waals surface area contributed by atoms with Gasteiger partial charge in [0.05, 0.1) is 19.6 Å². The first-order valence-electron chi connectivity index (χ1n) is 13.6. The summed E-state index contributed by atoms with van der Waals surface area (Å²) in [6.45, 7) is 16.4. The third-order valence-corrected chi connectivity index (χ3v) is 6.57. The fraction of sp³-hybridized carbons (Fsp3) is 0.667. The molecule has 0 unspecified atom stereocenters. The summed E-state index contributed by atoms with van der Waals surface area (Å²) in [6.07, 6.45) is 27.5. The van der Waals surface area contributed by atoms with Gasteiger partial charge in [0.25, 0.3) is 0 Å². The molecule has 3 aromatic heterocycles. The van der Waals surface area contributed by atoms with Gasteiger partial charge in [0.15, 0.2) is 0 Å². The topological polar surface area (TPSA) is 29.7 Å². The Hall–Kier alpha value is -2.41. The minimum absolute atomic E-state index is 1.03. The van der Waals surface area contributed by atoms with E-state index in [4.69, 9.17) is 0 Å². The zero-order valence-electron chi connectivity index (χ0n) is 21.9. The normalized spacial score (nSPS) is 11.6. The van der Waals surface area contributed by atoms with Crippen LogP contribution in [0.5, 0.6) is 0 Å². The quantitative estimate of drug-likeness (QED) is 0.263. The fourth-order valence-corrected chi connectivity index (χ4v) is 4.24. The number of aryl methyl sites for hydroxylation is 3. The number of hydrogen-bond donors (Lipinski definition) is 0. The summed E-state index contributed by atoms with van der Waals surface area (Å²) < 4.78 is 14.0. The van der Waals surface area contributed by atoms with Crippen molar-refractivity contribution in [3.8, 4) is 0 Å².